The van der Waals surface area contributed by atoms with Gasteiger partial charge in [-0.25, -0.2) is 4.39 Å². The quantitative estimate of drug-likeness (QED) is 0.825. The average molecular weight is 221 g/mol. The van der Waals surface area contributed by atoms with E-state index in [1.807, 2.05) is 6.07 Å². The molecule has 1 fully saturated rings. The van der Waals surface area contributed by atoms with E-state index >= 15 is 0 Å². The fourth-order valence-electron chi connectivity index (χ4n) is 2.99. The molecule has 0 aromatic heterocycles. The minimum Gasteiger partial charge on any atom is -0.316 e. The van der Waals surface area contributed by atoms with Crippen LogP contribution in [0.15, 0.2) is 24.3 Å². The number of hydrogen-bond donors (Lipinski definition) is 1. The molecule has 88 valence electrons. The lowest BCUT2D eigenvalue weighted by molar-refractivity contribution is 0.260. The van der Waals surface area contributed by atoms with Crippen molar-refractivity contribution in [3.8, 4) is 0 Å². The maximum Gasteiger partial charge on any atom is 0.123 e. The van der Waals surface area contributed by atoms with E-state index < -0.39 is 0 Å². The van der Waals surface area contributed by atoms with Crippen molar-refractivity contribution in [2.75, 3.05) is 13.1 Å². The molecule has 2 rings (SSSR count). The Labute approximate surface area is 97.1 Å². The van der Waals surface area contributed by atoms with E-state index in [0.717, 1.165) is 31.5 Å². The van der Waals surface area contributed by atoms with Crippen molar-refractivity contribution < 1.29 is 4.39 Å². The van der Waals surface area contributed by atoms with Gasteiger partial charge in [-0.3, -0.25) is 0 Å². The molecule has 0 saturated carbocycles. The summed E-state index contributed by atoms with van der Waals surface area (Å²) in [6, 6.07) is 7.09. The summed E-state index contributed by atoms with van der Waals surface area (Å²) in [4.78, 5) is 0. The topological polar surface area (TPSA) is 12.0 Å². The van der Waals surface area contributed by atoms with Crippen LogP contribution in [0.2, 0.25) is 0 Å². The van der Waals surface area contributed by atoms with Crippen LogP contribution >= 0.6 is 0 Å². The molecule has 2 heteroatoms. The molecule has 16 heavy (non-hydrogen) atoms. The third-order valence-corrected chi connectivity index (χ3v) is 4.22. The molecule has 0 radical (unpaired) electrons. The van der Waals surface area contributed by atoms with Gasteiger partial charge in [-0.15, -0.1) is 0 Å². The van der Waals surface area contributed by atoms with Crippen molar-refractivity contribution in [2.24, 2.45) is 5.41 Å². The highest BCUT2D eigenvalue weighted by Crippen LogP contribution is 2.44. The molecule has 1 saturated heterocycles. The van der Waals surface area contributed by atoms with E-state index in [1.165, 1.54) is 6.07 Å². The third-order valence-electron chi connectivity index (χ3n) is 4.22. The molecule has 0 amide bonds. The molecule has 1 N–H and O–H groups in total. The highest BCUT2D eigenvalue weighted by Gasteiger charge is 2.40. The van der Waals surface area contributed by atoms with E-state index in [-0.39, 0.29) is 5.82 Å². The van der Waals surface area contributed by atoms with Crippen LogP contribution in [0.25, 0.3) is 0 Å². The van der Waals surface area contributed by atoms with Gasteiger partial charge in [0.2, 0.25) is 0 Å². The lowest BCUT2D eigenvalue weighted by Crippen LogP contribution is -2.27. The highest BCUT2D eigenvalue weighted by molar-refractivity contribution is 5.25. The summed E-state index contributed by atoms with van der Waals surface area (Å²) < 4.78 is 13.3. The summed E-state index contributed by atoms with van der Waals surface area (Å²) in [5.74, 6) is 0.337. The van der Waals surface area contributed by atoms with Gasteiger partial charge in [-0.2, -0.15) is 0 Å². The standard InChI is InChI=1S/C14H20FN/c1-3-14(4-2)10-16-9-13(14)11-6-5-7-12(15)8-11/h5-8,13,16H,3-4,9-10H2,1-2H3/t13-/m0/s1. The molecule has 0 aliphatic carbocycles. The van der Waals surface area contributed by atoms with Crippen LogP contribution in [0.3, 0.4) is 0 Å². The minimum atomic E-state index is -0.120. The predicted molar refractivity (Wildman–Crippen MR) is 65.0 cm³/mol. The lowest BCUT2D eigenvalue weighted by Gasteiger charge is -2.33. The normalized spacial score (nSPS) is 23.6. The van der Waals surface area contributed by atoms with Gasteiger partial charge in [0.1, 0.15) is 5.82 Å². The smallest absolute Gasteiger partial charge is 0.123 e. The lowest BCUT2D eigenvalue weighted by atomic mass is 9.71. The first-order chi connectivity index (χ1) is 7.72. The molecule has 0 unspecified atom stereocenters. The van der Waals surface area contributed by atoms with Gasteiger partial charge >= 0.3 is 0 Å². The van der Waals surface area contributed by atoms with Gasteiger partial charge in [-0.05, 0) is 36.0 Å². The molecular weight excluding hydrogens is 201 g/mol. The Kier molecular flexibility index (Phi) is 3.29. The van der Waals surface area contributed by atoms with Crippen LogP contribution in [-0.2, 0) is 0 Å². The summed E-state index contributed by atoms with van der Waals surface area (Å²) in [5, 5.41) is 3.46. The Balaban J connectivity index is 2.32. The second-order valence-electron chi connectivity index (χ2n) is 4.81. The maximum absolute atomic E-state index is 13.3. The summed E-state index contributed by atoms with van der Waals surface area (Å²) in [6.07, 6.45) is 2.30. The van der Waals surface area contributed by atoms with Gasteiger partial charge in [0.25, 0.3) is 0 Å². The van der Waals surface area contributed by atoms with Gasteiger partial charge in [0.05, 0.1) is 0 Å². The molecular formula is C14H20FN. The van der Waals surface area contributed by atoms with Gasteiger partial charge in [0.15, 0.2) is 0 Å². The summed E-state index contributed by atoms with van der Waals surface area (Å²) in [7, 11) is 0. The molecule has 0 bridgehead atoms. The molecule has 1 aromatic carbocycles. The van der Waals surface area contributed by atoms with Crippen LogP contribution in [0.4, 0.5) is 4.39 Å². The van der Waals surface area contributed by atoms with Crippen LogP contribution in [-0.4, -0.2) is 13.1 Å². The molecule has 1 nitrogen and oxygen atoms in total. The molecule has 0 spiro atoms. The van der Waals surface area contributed by atoms with Crippen LogP contribution < -0.4 is 5.32 Å². The second-order valence-corrected chi connectivity index (χ2v) is 4.81. The van der Waals surface area contributed by atoms with Crippen LogP contribution in [0, 0.1) is 11.2 Å². The SMILES string of the molecule is CCC1(CC)CNC[C@H]1c1cccc(F)c1. The first-order valence-electron chi connectivity index (χ1n) is 6.18. The van der Waals surface area contributed by atoms with Gasteiger partial charge in [-0.1, -0.05) is 26.0 Å². The van der Waals surface area contributed by atoms with E-state index in [4.69, 9.17) is 0 Å². The van der Waals surface area contributed by atoms with Crippen molar-refractivity contribution in [1.82, 2.24) is 5.32 Å². The van der Waals surface area contributed by atoms with E-state index in [9.17, 15) is 4.39 Å². The molecule has 1 heterocycles. The number of nitrogens with one attached hydrogen (secondary N) is 1. The van der Waals surface area contributed by atoms with Crippen molar-refractivity contribution in [1.29, 1.82) is 0 Å². The summed E-state index contributed by atoms with van der Waals surface area (Å²) >= 11 is 0. The Hall–Kier alpha value is -0.890. The number of halogens is 1. The van der Waals surface area contributed by atoms with E-state index in [2.05, 4.69) is 25.2 Å². The third kappa shape index (κ3) is 1.86. The summed E-state index contributed by atoms with van der Waals surface area (Å²) in [5.41, 5.74) is 1.46. The Morgan fingerprint density at radius 2 is 2.12 bits per heavy atom. The fraction of sp³-hybridized carbons (Fsp3) is 0.571. The number of benzene rings is 1. The molecule has 1 atom stereocenters. The zero-order valence-electron chi connectivity index (χ0n) is 10.1. The first kappa shape index (κ1) is 11.6. The monoisotopic (exact) mass is 221 g/mol. The molecule has 1 aliphatic rings. The van der Waals surface area contributed by atoms with Crippen LogP contribution in [0.1, 0.15) is 38.2 Å². The zero-order valence-corrected chi connectivity index (χ0v) is 10.1. The second kappa shape index (κ2) is 4.54. The Morgan fingerprint density at radius 1 is 1.38 bits per heavy atom. The van der Waals surface area contributed by atoms with Gasteiger partial charge in [0, 0.05) is 19.0 Å². The number of hydrogen-bond acceptors (Lipinski definition) is 1. The maximum atomic E-state index is 13.3. The zero-order chi connectivity index (χ0) is 11.6. The Bertz CT molecular complexity index is 358. The van der Waals surface area contributed by atoms with Gasteiger partial charge < -0.3 is 5.32 Å². The average Bonchev–Trinajstić information content (AvgIpc) is 2.73. The predicted octanol–water partition coefficient (Wildman–Crippen LogP) is 3.32. The molecule has 1 aromatic rings. The van der Waals surface area contributed by atoms with Crippen molar-refractivity contribution in [3.05, 3.63) is 35.6 Å². The van der Waals surface area contributed by atoms with Crippen molar-refractivity contribution in [2.45, 2.75) is 32.6 Å². The fourth-order valence-corrected chi connectivity index (χ4v) is 2.99. The van der Waals surface area contributed by atoms with E-state index in [1.54, 1.807) is 6.07 Å². The Morgan fingerprint density at radius 3 is 2.75 bits per heavy atom. The van der Waals surface area contributed by atoms with E-state index in [0.29, 0.717) is 11.3 Å². The van der Waals surface area contributed by atoms with Crippen molar-refractivity contribution >= 4 is 0 Å². The van der Waals surface area contributed by atoms with Crippen LogP contribution in [0.5, 0.6) is 0 Å². The first-order valence-corrected chi connectivity index (χ1v) is 6.18. The highest BCUT2D eigenvalue weighted by atomic mass is 19.1. The number of rotatable bonds is 3. The van der Waals surface area contributed by atoms with Crippen molar-refractivity contribution in [3.63, 3.8) is 0 Å². The summed E-state index contributed by atoms with van der Waals surface area (Å²) in [6.45, 7) is 6.51. The largest absolute Gasteiger partial charge is 0.316 e. The molecule has 1 aliphatic heterocycles. The minimum absolute atomic E-state index is 0.120.